The number of nitrogens with one attached hydrogen (secondary N) is 1. The van der Waals surface area contributed by atoms with E-state index < -0.39 is 0 Å². The zero-order chi connectivity index (χ0) is 11.1. The molecular formula is C11H20N2OS. The molecule has 0 aliphatic carbocycles. The van der Waals surface area contributed by atoms with E-state index in [0.29, 0.717) is 0 Å². The maximum atomic E-state index is 9.07. The van der Waals surface area contributed by atoms with E-state index in [1.807, 2.05) is 13.1 Å². The molecule has 2 N–H and O–H groups in total. The second kappa shape index (κ2) is 6.93. The normalized spacial score (nSPS) is 13.0. The van der Waals surface area contributed by atoms with Gasteiger partial charge in [-0.3, -0.25) is 0 Å². The highest BCUT2D eigenvalue weighted by molar-refractivity contribution is 7.11. The zero-order valence-corrected chi connectivity index (χ0v) is 10.3. The number of aryl methyl sites for hydroxylation is 1. The third-order valence-corrected chi connectivity index (χ3v) is 3.32. The third-order valence-electron chi connectivity index (χ3n) is 2.18. The molecule has 0 aliphatic heterocycles. The van der Waals surface area contributed by atoms with Crippen molar-refractivity contribution in [2.24, 2.45) is 0 Å². The summed E-state index contributed by atoms with van der Waals surface area (Å²) in [6.07, 6.45) is 4.69. The Kier molecular flexibility index (Phi) is 5.83. The van der Waals surface area contributed by atoms with Crippen LogP contribution in [-0.4, -0.2) is 22.7 Å². The Balaban J connectivity index is 2.09. The van der Waals surface area contributed by atoms with Crippen LogP contribution in [0.1, 0.15) is 36.6 Å². The molecule has 0 spiro atoms. The van der Waals surface area contributed by atoms with Crippen LogP contribution >= 0.6 is 11.3 Å². The Bertz CT molecular complexity index is 273. The van der Waals surface area contributed by atoms with Gasteiger partial charge in [-0.05, 0) is 32.7 Å². The van der Waals surface area contributed by atoms with Gasteiger partial charge in [0.1, 0.15) is 0 Å². The Morgan fingerprint density at radius 1 is 1.60 bits per heavy atom. The second-order valence-corrected chi connectivity index (χ2v) is 4.94. The van der Waals surface area contributed by atoms with Crippen molar-refractivity contribution < 1.29 is 5.11 Å². The lowest BCUT2D eigenvalue weighted by molar-refractivity contribution is 0.181. The highest BCUT2D eigenvalue weighted by Crippen LogP contribution is 2.12. The molecule has 0 aliphatic rings. The second-order valence-electron chi connectivity index (χ2n) is 3.74. The Hall–Kier alpha value is -0.450. The van der Waals surface area contributed by atoms with Crippen LogP contribution in [0.5, 0.6) is 0 Å². The molecule has 0 aromatic carbocycles. The van der Waals surface area contributed by atoms with Crippen molar-refractivity contribution >= 4 is 11.3 Å². The van der Waals surface area contributed by atoms with Crippen LogP contribution in [0.25, 0.3) is 0 Å². The summed E-state index contributed by atoms with van der Waals surface area (Å²) in [4.78, 5) is 5.60. The van der Waals surface area contributed by atoms with E-state index in [1.165, 1.54) is 9.88 Å². The van der Waals surface area contributed by atoms with Crippen molar-refractivity contribution in [1.82, 2.24) is 10.3 Å². The summed E-state index contributed by atoms with van der Waals surface area (Å²) < 4.78 is 0. The molecule has 1 aromatic heterocycles. The van der Waals surface area contributed by atoms with E-state index in [1.54, 1.807) is 11.3 Å². The van der Waals surface area contributed by atoms with Gasteiger partial charge in [0, 0.05) is 17.6 Å². The molecule has 1 aromatic rings. The molecule has 0 saturated carbocycles. The van der Waals surface area contributed by atoms with Gasteiger partial charge in [0.2, 0.25) is 0 Å². The maximum absolute atomic E-state index is 9.07. The fourth-order valence-corrected chi connectivity index (χ4v) is 2.16. The van der Waals surface area contributed by atoms with Crippen molar-refractivity contribution in [2.45, 2.75) is 45.8 Å². The van der Waals surface area contributed by atoms with Gasteiger partial charge in [-0.15, -0.1) is 11.3 Å². The first-order chi connectivity index (χ1) is 7.22. The van der Waals surface area contributed by atoms with Crippen molar-refractivity contribution in [1.29, 1.82) is 0 Å². The third kappa shape index (κ3) is 5.25. The number of hydrogen-bond donors (Lipinski definition) is 2. The zero-order valence-electron chi connectivity index (χ0n) is 9.49. The first-order valence-corrected chi connectivity index (χ1v) is 6.36. The predicted octanol–water partition coefficient (Wildman–Crippen LogP) is 1.96. The van der Waals surface area contributed by atoms with Crippen molar-refractivity contribution in [3.63, 3.8) is 0 Å². The molecule has 0 saturated heterocycles. The molecule has 1 unspecified atom stereocenters. The van der Waals surface area contributed by atoms with E-state index in [-0.39, 0.29) is 6.10 Å². The van der Waals surface area contributed by atoms with E-state index in [4.69, 9.17) is 5.11 Å². The first kappa shape index (κ1) is 12.6. The summed E-state index contributed by atoms with van der Waals surface area (Å²) in [6.45, 7) is 5.82. The summed E-state index contributed by atoms with van der Waals surface area (Å²) in [5.74, 6) is 0. The quantitative estimate of drug-likeness (QED) is 0.701. The van der Waals surface area contributed by atoms with Crippen LogP contribution in [0.3, 0.4) is 0 Å². The standard InChI is InChI=1S/C11H20N2OS/c1-3-11-13-8-10(15-11)7-12-6-4-5-9(2)14/h8-9,12,14H,3-7H2,1-2H3. The van der Waals surface area contributed by atoms with Crippen LogP contribution in [0.4, 0.5) is 0 Å². The number of nitrogens with zero attached hydrogens (tertiary/aromatic N) is 1. The lowest BCUT2D eigenvalue weighted by Crippen LogP contribution is -2.15. The molecule has 4 heteroatoms. The summed E-state index contributed by atoms with van der Waals surface area (Å²) >= 11 is 1.77. The number of aromatic nitrogens is 1. The summed E-state index contributed by atoms with van der Waals surface area (Å²) in [6, 6.07) is 0. The van der Waals surface area contributed by atoms with Gasteiger partial charge in [0.05, 0.1) is 11.1 Å². The minimum atomic E-state index is -0.179. The van der Waals surface area contributed by atoms with Crippen molar-refractivity contribution in [2.75, 3.05) is 6.54 Å². The van der Waals surface area contributed by atoms with Crippen LogP contribution < -0.4 is 5.32 Å². The fraction of sp³-hybridized carbons (Fsp3) is 0.727. The minimum Gasteiger partial charge on any atom is -0.393 e. The van der Waals surface area contributed by atoms with Gasteiger partial charge < -0.3 is 10.4 Å². The van der Waals surface area contributed by atoms with Gasteiger partial charge >= 0.3 is 0 Å². The molecule has 0 amide bonds. The molecule has 3 nitrogen and oxygen atoms in total. The number of rotatable bonds is 7. The highest BCUT2D eigenvalue weighted by atomic mass is 32.1. The molecule has 0 bridgehead atoms. The van der Waals surface area contributed by atoms with E-state index in [0.717, 1.165) is 32.4 Å². The van der Waals surface area contributed by atoms with Crippen molar-refractivity contribution in [3.05, 3.63) is 16.1 Å². The molecule has 0 radical (unpaired) electrons. The lowest BCUT2D eigenvalue weighted by atomic mass is 10.2. The van der Waals surface area contributed by atoms with Gasteiger partial charge in [0.25, 0.3) is 0 Å². The molecule has 15 heavy (non-hydrogen) atoms. The van der Waals surface area contributed by atoms with E-state index in [2.05, 4.69) is 17.2 Å². The Morgan fingerprint density at radius 2 is 2.40 bits per heavy atom. The number of thiazole rings is 1. The lowest BCUT2D eigenvalue weighted by Gasteiger charge is -2.04. The Morgan fingerprint density at radius 3 is 3.00 bits per heavy atom. The molecule has 1 rings (SSSR count). The number of aliphatic hydroxyl groups is 1. The number of aliphatic hydroxyl groups excluding tert-OH is 1. The molecule has 1 heterocycles. The summed E-state index contributed by atoms with van der Waals surface area (Å²) in [5.41, 5.74) is 0. The molecular weight excluding hydrogens is 208 g/mol. The van der Waals surface area contributed by atoms with Gasteiger partial charge in [-0.25, -0.2) is 4.98 Å². The predicted molar refractivity (Wildman–Crippen MR) is 64.1 cm³/mol. The van der Waals surface area contributed by atoms with Crippen LogP contribution in [0, 0.1) is 0 Å². The topological polar surface area (TPSA) is 45.2 Å². The minimum absolute atomic E-state index is 0.179. The SMILES string of the molecule is CCc1ncc(CNCCCC(C)O)s1. The molecule has 86 valence electrons. The largest absolute Gasteiger partial charge is 0.393 e. The Labute approximate surface area is 95.6 Å². The first-order valence-electron chi connectivity index (χ1n) is 5.54. The monoisotopic (exact) mass is 228 g/mol. The molecule has 0 fully saturated rings. The van der Waals surface area contributed by atoms with E-state index >= 15 is 0 Å². The van der Waals surface area contributed by atoms with Crippen LogP contribution in [0.15, 0.2) is 6.20 Å². The maximum Gasteiger partial charge on any atom is 0.0925 e. The van der Waals surface area contributed by atoms with Gasteiger partial charge in [0.15, 0.2) is 0 Å². The average Bonchev–Trinajstić information content (AvgIpc) is 2.65. The van der Waals surface area contributed by atoms with E-state index in [9.17, 15) is 0 Å². The van der Waals surface area contributed by atoms with Crippen LogP contribution in [0.2, 0.25) is 0 Å². The fourth-order valence-electron chi connectivity index (χ4n) is 1.33. The number of hydrogen-bond acceptors (Lipinski definition) is 4. The van der Waals surface area contributed by atoms with Crippen molar-refractivity contribution in [3.8, 4) is 0 Å². The smallest absolute Gasteiger partial charge is 0.0925 e. The average molecular weight is 228 g/mol. The van der Waals surface area contributed by atoms with Crippen LogP contribution in [-0.2, 0) is 13.0 Å². The van der Waals surface area contributed by atoms with Gasteiger partial charge in [-0.2, -0.15) is 0 Å². The molecule has 1 atom stereocenters. The summed E-state index contributed by atoms with van der Waals surface area (Å²) in [5, 5.41) is 13.6. The highest BCUT2D eigenvalue weighted by Gasteiger charge is 1.99. The van der Waals surface area contributed by atoms with Gasteiger partial charge in [-0.1, -0.05) is 6.92 Å². The summed E-state index contributed by atoms with van der Waals surface area (Å²) in [7, 11) is 0.